The number of allylic oxidation sites excluding steroid dienone is 2. The van der Waals surface area contributed by atoms with Crippen LogP contribution in [0.2, 0.25) is 0 Å². The smallest absolute Gasteiger partial charge is 0.0379 e. The molecule has 0 radical (unpaired) electrons. The normalized spacial score (nSPS) is 10.5. The Morgan fingerprint density at radius 3 is 1.42 bits per heavy atom. The van der Waals surface area contributed by atoms with Crippen LogP contribution in [0.25, 0.3) is 0 Å². The highest BCUT2D eigenvalue weighted by Crippen LogP contribution is 2.22. The van der Waals surface area contributed by atoms with Crippen LogP contribution in [-0.2, 0) is 0 Å². The zero-order chi connectivity index (χ0) is 15.6. The topological polar surface area (TPSA) is 0 Å². The molecule has 0 aliphatic rings. The van der Waals surface area contributed by atoms with E-state index in [1.807, 2.05) is 13.8 Å². The monoisotopic (exact) mass is 270 g/mol. The van der Waals surface area contributed by atoms with Gasteiger partial charge >= 0.3 is 0 Å². The maximum Gasteiger partial charge on any atom is -0.0379 e. The first-order chi connectivity index (χ1) is 8.97. The molecule has 0 saturated heterocycles. The summed E-state index contributed by atoms with van der Waals surface area (Å²) >= 11 is 0. The molecule has 0 N–H and O–H groups in total. The highest BCUT2D eigenvalue weighted by atomic mass is 14.1. The molecule has 118 valence electrons. The van der Waals surface area contributed by atoms with Crippen LogP contribution < -0.4 is 0 Å². The molecule has 0 aromatic heterocycles. The highest BCUT2D eigenvalue weighted by Gasteiger charge is 2.08. The Kier molecular flexibility index (Phi) is 25.1. The second kappa shape index (κ2) is 20.1. The second-order valence-corrected chi connectivity index (χ2v) is 6.01. The third kappa shape index (κ3) is 38.1. The minimum Gasteiger partial charge on any atom is -0.0888 e. The van der Waals surface area contributed by atoms with Crippen molar-refractivity contribution in [2.75, 3.05) is 0 Å². The number of hydrogen-bond donors (Lipinski definition) is 0. The van der Waals surface area contributed by atoms with Gasteiger partial charge in [-0.3, -0.25) is 0 Å². The predicted octanol–water partition coefficient (Wildman–Crippen LogP) is 7.78. The quantitative estimate of drug-likeness (QED) is 0.327. The van der Waals surface area contributed by atoms with Gasteiger partial charge in [0.05, 0.1) is 0 Å². The standard InChI is InChI=1S/C11H24.C6H12.C2H6/c1-5-6-7-8-9-10-11(2,3)4;1-3-5-6-4-2;1-2/h5-10H2,1-4H3;5-6H,3-4H2,1-2H3;1-2H3. The van der Waals surface area contributed by atoms with Crippen LogP contribution >= 0.6 is 0 Å². The van der Waals surface area contributed by atoms with Gasteiger partial charge in [0, 0.05) is 0 Å². The molecule has 0 saturated carbocycles. The molecule has 0 aromatic rings. The van der Waals surface area contributed by atoms with Crippen LogP contribution in [0.3, 0.4) is 0 Å². The van der Waals surface area contributed by atoms with Gasteiger partial charge in [0.1, 0.15) is 0 Å². The van der Waals surface area contributed by atoms with Crippen LogP contribution in [0.5, 0.6) is 0 Å². The van der Waals surface area contributed by atoms with Gasteiger partial charge in [-0.25, -0.2) is 0 Å². The predicted molar refractivity (Wildman–Crippen MR) is 93.9 cm³/mol. The molecule has 0 rings (SSSR count). The summed E-state index contributed by atoms with van der Waals surface area (Å²) in [5, 5.41) is 0. The Labute approximate surface area is 125 Å². The molecule has 0 amide bonds. The van der Waals surface area contributed by atoms with Crippen molar-refractivity contribution in [1.29, 1.82) is 0 Å². The van der Waals surface area contributed by atoms with Gasteiger partial charge in [0.25, 0.3) is 0 Å². The fraction of sp³-hybridized carbons (Fsp3) is 0.895. The lowest BCUT2D eigenvalue weighted by Crippen LogP contribution is -2.03. The summed E-state index contributed by atoms with van der Waals surface area (Å²) in [6.07, 6.45) is 15.2. The van der Waals surface area contributed by atoms with Gasteiger partial charge in [-0.2, -0.15) is 0 Å². The van der Waals surface area contributed by atoms with Crippen LogP contribution in [0.1, 0.15) is 107 Å². The molecule has 0 aromatic carbocycles. The lowest BCUT2D eigenvalue weighted by molar-refractivity contribution is 0.357. The lowest BCUT2D eigenvalue weighted by atomic mass is 9.89. The van der Waals surface area contributed by atoms with Gasteiger partial charge in [0.2, 0.25) is 0 Å². The zero-order valence-electron chi connectivity index (χ0n) is 15.3. The first-order valence-electron chi connectivity index (χ1n) is 8.62. The number of unbranched alkanes of at least 4 members (excludes halogenated alkanes) is 4. The maximum atomic E-state index is 2.33. The lowest BCUT2D eigenvalue weighted by Gasteiger charge is -2.17. The highest BCUT2D eigenvalue weighted by molar-refractivity contribution is 4.77. The molecular weight excluding hydrogens is 228 g/mol. The molecule has 0 unspecified atom stereocenters. The molecule has 0 aliphatic carbocycles. The summed E-state index contributed by atoms with van der Waals surface area (Å²) in [5.41, 5.74) is 0.548. The van der Waals surface area contributed by atoms with E-state index >= 15 is 0 Å². The Bertz CT molecular complexity index is 142. The third-order valence-electron chi connectivity index (χ3n) is 2.67. The van der Waals surface area contributed by atoms with Crippen molar-refractivity contribution < 1.29 is 0 Å². The minimum absolute atomic E-state index is 0.548. The molecule has 0 heterocycles. The summed E-state index contributed by atoms with van der Waals surface area (Å²) < 4.78 is 0. The zero-order valence-corrected chi connectivity index (χ0v) is 15.3. The Morgan fingerprint density at radius 1 is 0.684 bits per heavy atom. The molecule has 0 aliphatic heterocycles. The SMILES string of the molecule is CC.CCC=CCC.CCCCCCCC(C)(C)C. The summed E-state index contributed by atoms with van der Waals surface area (Å²) in [4.78, 5) is 0. The largest absolute Gasteiger partial charge is 0.0888 e. The first-order valence-corrected chi connectivity index (χ1v) is 8.62. The van der Waals surface area contributed by atoms with E-state index in [-0.39, 0.29) is 0 Å². The van der Waals surface area contributed by atoms with Crippen molar-refractivity contribution in [2.45, 2.75) is 107 Å². The summed E-state index contributed by atoms with van der Waals surface area (Å²) in [6.45, 7) is 17.5. The molecule has 0 fully saturated rings. The fourth-order valence-electron chi connectivity index (χ4n) is 1.59. The first kappa shape index (κ1) is 23.8. The van der Waals surface area contributed by atoms with Crippen LogP contribution in [0, 0.1) is 5.41 Å². The average molecular weight is 271 g/mol. The van der Waals surface area contributed by atoms with Gasteiger partial charge in [-0.1, -0.05) is 99.6 Å². The summed E-state index contributed by atoms with van der Waals surface area (Å²) in [6, 6.07) is 0. The van der Waals surface area contributed by atoms with E-state index in [2.05, 4.69) is 53.7 Å². The fourth-order valence-corrected chi connectivity index (χ4v) is 1.59. The van der Waals surface area contributed by atoms with E-state index in [1.165, 1.54) is 51.4 Å². The van der Waals surface area contributed by atoms with Crippen molar-refractivity contribution >= 4 is 0 Å². The second-order valence-electron chi connectivity index (χ2n) is 6.01. The average Bonchev–Trinajstić information content (AvgIpc) is 2.38. The van der Waals surface area contributed by atoms with Gasteiger partial charge in [0.15, 0.2) is 0 Å². The summed E-state index contributed by atoms with van der Waals surface area (Å²) in [5.74, 6) is 0. The van der Waals surface area contributed by atoms with Gasteiger partial charge in [-0.15, -0.1) is 0 Å². The Morgan fingerprint density at radius 2 is 1.11 bits per heavy atom. The van der Waals surface area contributed by atoms with Crippen molar-refractivity contribution in [3.8, 4) is 0 Å². The van der Waals surface area contributed by atoms with E-state index in [4.69, 9.17) is 0 Å². The molecule has 0 nitrogen and oxygen atoms in total. The van der Waals surface area contributed by atoms with E-state index in [9.17, 15) is 0 Å². The van der Waals surface area contributed by atoms with E-state index in [1.54, 1.807) is 0 Å². The number of hydrogen-bond acceptors (Lipinski definition) is 0. The molecule has 19 heavy (non-hydrogen) atoms. The van der Waals surface area contributed by atoms with Crippen molar-refractivity contribution in [2.24, 2.45) is 5.41 Å². The minimum atomic E-state index is 0.548. The van der Waals surface area contributed by atoms with Gasteiger partial charge in [-0.05, 0) is 24.7 Å². The Hall–Kier alpha value is -0.260. The van der Waals surface area contributed by atoms with E-state index < -0.39 is 0 Å². The molecule has 0 bridgehead atoms. The van der Waals surface area contributed by atoms with E-state index in [0.717, 1.165) is 0 Å². The van der Waals surface area contributed by atoms with Crippen LogP contribution in [-0.4, -0.2) is 0 Å². The molecular formula is C19H42. The van der Waals surface area contributed by atoms with Crippen molar-refractivity contribution in [3.05, 3.63) is 12.2 Å². The van der Waals surface area contributed by atoms with Gasteiger partial charge < -0.3 is 0 Å². The number of rotatable bonds is 7. The molecule has 0 atom stereocenters. The molecule has 0 heteroatoms. The van der Waals surface area contributed by atoms with Crippen molar-refractivity contribution in [1.82, 2.24) is 0 Å². The van der Waals surface area contributed by atoms with E-state index in [0.29, 0.717) is 5.41 Å². The third-order valence-corrected chi connectivity index (χ3v) is 2.67. The van der Waals surface area contributed by atoms with Crippen LogP contribution in [0.4, 0.5) is 0 Å². The molecule has 0 spiro atoms. The van der Waals surface area contributed by atoms with Crippen LogP contribution in [0.15, 0.2) is 12.2 Å². The van der Waals surface area contributed by atoms with Crippen molar-refractivity contribution in [3.63, 3.8) is 0 Å². The summed E-state index contributed by atoms with van der Waals surface area (Å²) in [7, 11) is 0. The Balaban J connectivity index is -0.000000271. The maximum absolute atomic E-state index is 2.33.